The first kappa shape index (κ1) is 9.75. The van der Waals surface area contributed by atoms with Crippen molar-refractivity contribution in [2.24, 2.45) is 0 Å². The van der Waals surface area contributed by atoms with Crippen LogP contribution in [0.25, 0.3) is 0 Å². The van der Waals surface area contributed by atoms with Gasteiger partial charge in [-0.2, -0.15) is 0 Å². The van der Waals surface area contributed by atoms with E-state index in [-0.39, 0.29) is 6.15 Å². The first-order valence-electron chi connectivity index (χ1n) is 0.756. The summed E-state index contributed by atoms with van der Waals surface area (Å²) in [7, 11) is 0. The van der Waals surface area contributed by atoms with Gasteiger partial charge in [-0.1, -0.05) is 0 Å². The van der Waals surface area contributed by atoms with E-state index in [0.717, 1.165) is 0 Å². The van der Waals surface area contributed by atoms with Crippen LogP contribution in [0, 0.1) is 0 Å². The first-order chi connectivity index (χ1) is 2.00. The number of halogens is 4. The van der Waals surface area contributed by atoms with E-state index in [9.17, 15) is 10.5 Å². The van der Waals surface area contributed by atoms with Crippen LogP contribution in [0.3, 0.4) is 0 Å². The fraction of sp³-hybridized carbons (Fsp3) is 0. The summed E-state index contributed by atoms with van der Waals surface area (Å²) in [6.07, 6.45) is 0. The standard InChI is InChI=1S/Bi.4FH.H3N.H/h;4*1H;1H3;/q+4;;;;;;/p-4. The molecule has 0 aromatic heterocycles. The summed E-state index contributed by atoms with van der Waals surface area (Å²) < 4.78 is 39.6. The summed E-state index contributed by atoms with van der Waals surface area (Å²) in [5, 5.41) is 0. The monoisotopic (exact) mass is 303 g/mol. The van der Waals surface area contributed by atoms with Gasteiger partial charge >= 0.3 is 33.2 Å². The summed E-state index contributed by atoms with van der Waals surface area (Å²) in [6, 6.07) is 0. The molecular formula is H4BiF4N. The van der Waals surface area contributed by atoms with E-state index in [1.165, 1.54) is 0 Å². The molecule has 0 bridgehead atoms. The second-order valence-corrected chi connectivity index (χ2v) is 3.76. The Bertz CT molecular complexity index is 23.0. The molecule has 1 nitrogen and oxygen atoms in total. The molecule has 0 amide bonds. The van der Waals surface area contributed by atoms with E-state index in [4.69, 9.17) is 0 Å². The van der Waals surface area contributed by atoms with Crippen molar-refractivity contribution in [2.75, 3.05) is 0 Å². The molecule has 0 saturated carbocycles. The Morgan fingerprint density at radius 1 is 0.833 bits per heavy atom. The Kier molecular flexibility index (Phi) is 4.37. The van der Waals surface area contributed by atoms with E-state index >= 15 is 0 Å². The minimum atomic E-state index is -7.28. The fourth-order valence-electron chi connectivity index (χ4n) is 0. The third-order valence-electron chi connectivity index (χ3n) is 0. The van der Waals surface area contributed by atoms with Crippen LogP contribution in [0.1, 0.15) is 0 Å². The molecule has 0 aromatic carbocycles. The maximum atomic E-state index is 9.91. The summed E-state index contributed by atoms with van der Waals surface area (Å²) in [4.78, 5) is 0. The third-order valence-corrected chi connectivity index (χ3v) is 0. The molecule has 0 aromatic rings. The van der Waals surface area contributed by atoms with Gasteiger partial charge in [0, 0.05) is 0 Å². The van der Waals surface area contributed by atoms with Gasteiger partial charge in [-0.25, -0.2) is 0 Å². The molecule has 0 rings (SSSR count). The van der Waals surface area contributed by atoms with Gasteiger partial charge in [0.15, 0.2) is 0 Å². The molecule has 6 heteroatoms. The normalized spacial score (nSPS) is 12.7. The van der Waals surface area contributed by atoms with Crippen LogP contribution in [-0.4, -0.2) is 22.7 Å². The molecule has 0 fully saturated rings. The van der Waals surface area contributed by atoms with Gasteiger partial charge in [-0.15, -0.1) is 0 Å². The predicted molar refractivity (Wildman–Crippen MR) is 16.6 cm³/mol. The van der Waals surface area contributed by atoms with Gasteiger partial charge in [0.25, 0.3) is 0 Å². The maximum absolute atomic E-state index is 9.91. The van der Waals surface area contributed by atoms with Crippen molar-refractivity contribution in [3.05, 3.63) is 0 Å². The van der Waals surface area contributed by atoms with Crippen LogP contribution in [-0.2, 0) is 0 Å². The van der Waals surface area contributed by atoms with Crippen molar-refractivity contribution in [3.63, 3.8) is 0 Å². The van der Waals surface area contributed by atoms with Gasteiger partial charge in [-0.3, -0.25) is 0 Å². The van der Waals surface area contributed by atoms with Crippen molar-refractivity contribution in [1.29, 1.82) is 0 Å². The second-order valence-electron chi connectivity index (χ2n) is 0.429. The van der Waals surface area contributed by atoms with E-state index in [0.29, 0.717) is 0 Å². The molecule has 0 aliphatic rings. The van der Waals surface area contributed by atoms with Crippen LogP contribution < -0.4 is 6.15 Å². The molecular weight excluding hydrogens is 299 g/mol. The SMILES string of the molecule is N.[F][BiH]([F])([F])[F]. The fourth-order valence-corrected chi connectivity index (χ4v) is 0. The van der Waals surface area contributed by atoms with Gasteiger partial charge < -0.3 is 6.15 Å². The summed E-state index contributed by atoms with van der Waals surface area (Å²) in [5.74, 6) is 0. The van der Waals surface area contributed by atoms with Crippen LogP contribution in [0.4, 0.5) is 10.5 Å². The Morgan fingerprint density at radius 2 is 0.833 bits per heavy atom. The molecule has 0 aliphatic carbocycles. The molecule has 0 unspecified atom stereocenters. The van der Waals surface area contributed by atoms with Gasteiger partial charge in [0.1, 0.15) is 0 Å². The van der Waals surface area contributed by atoms with Crippen molar-refractivity contribution in [2.45, 2.75) is 0 Å². The minimum absolute atomic E-state index is 0. The van der Waals surface area contributed by atoms with Crippen LogP contribution in [0.5, 0.6) is 0 Å². The second kappa shape index (κ2) is 2.69. The Hall–Kier alpha value is 0.563. The molecule has 0 aliphatic heterocycles. The van der Waals surface area contributed by atoms with Crippen molar-refractivity contribution < 1.29 is 10.5 Å². The average molecular weight is 303 g/mol. The summed E-state index contributed by atoms with van der Waals surface area (Å²) in [6.45, 7) is 0. The Morgan fingerprint density at radius 3 is 0.833 bits per heavy atom. The predicted octanol–water partition coefficient (Wildman–Crippen LogP) is 1.19. The Labute approximate surface area is 39.9 Å². The molecule has 0 atom stereocenters. The van der Waals surface area contributed by atoms with Crippen molar-refractivity contribution in [3.8, 4) is 0 Å². The number of rotatable bonds is 0. The summed E-state index contributed by atoms with van der Waals surface area (Å²) >= 11 is -7.28. The Balaban J connectivity index is 0. The van der Waals surface area contributed by atoms with Gasteiger partial charge in [-0.05, 0) is 0 Å². The topological polar surface area (TPSA) is 35.0 Å². The number of hydrogen-bond acceptors (Lipinski definition) is 1. The molecule has 0 saturated heterocycles. The van der Waals surface area contributed by atoms with Crippen LogP contribution >= 0.6 is 0 Å². The zero-order valence-corrected chi connectivity index (χ0v) is 6.61. The van der Waals surface area contributed by atoms with E-state index in [2.05, 4.69) is 0 Å². The van der Waals surface area contributed by atoms with E-state index in [1.54, 1.807) is 0 Å². The molecule has 0 heterocycles. The third kappa shape index (κ3) is 183. The number of hydrogen-bond donors (Lipinski definition) is 1. The molecule has 3 N–H and O–H groups in total. The molecule has 42 valence electrons. The quantitative estimate of drug-likeness (QED) is 0.529. The molecule has 0 spiro atoms. The molecule has 0 radical (unpaired) electrons. The van der Waals surface area contributed by atoms with E-state index < -0.39 is 22.7 Å². The first-order valence-corrected chi connectivity index (χ1v) is 6.63. The zero-order chi connectivity index (χ0) is 4.50. The summed E-state index contributed by atoms with van der Waals surface area (Å²) in [5.41, 5.74) is 0. The van der Waals surface area contributed by atoms with E-state index in [1.807, 2.05) is 0 Å². The zero-order valence-electron chi connectivity index (χ0n) is 2.72. The van der Waals surface area contributed by atoms with Crippen LogP contribution in [0.15, 0.2) is 0 Å². The van der Waals surface area contributed by atoms with Crippen molar-refractivity contribution >= 4 is 22.7 Å². The molecule has 6 heavy (non-hydrogen) atoms. The van der Waals surface area contributed by atoms with Crippen LogP contribution in [0.2, 0.25) is 0 Å². The average Bonchev–Trinajstić information content (AvgIpc) is 0.722. The van der Waals surface area contributed by atoms with Gasteiger partial charge in [0.2, 0.25) is 0 Å². The van der Waals surface area contributed by atoms with Gasteiger partial charge in [0.05, 0.1) is 0 Å². The van der Waals surface area contributed by atoms with Crippen molar-refractivity contribution in [1.82, 2.24) is 6.15 Å².